The summed E-state index contributed by atoms with van der Waals surface area (Å²) in [5, 5.41) is 11.5. The van der Waals surface area contributed by atoms with Crippen molar-refractivity contribution >= 4 is 0 Å². The van der Waals surface area contributed by atoms with Crippen LogP contribution in [0.1, 0.15) is 25.5 Å². The van der Waals surface area contributed by atoms with Gasteiger partial charge in [-0.15, -0.1) is 5.10 Å². The van der Waals surface area contributed by atoms with Crippen LogP contribution in [0.4, 0.5) is 0 Å². The van der Waals surface area contributed by atoms with Crippen molar-refractivity contribution in [2.45, 2.75) is 38.4 Å². The average molecular weight is 239 g/mol. The van der Waals surface area contributed by atoms with Crippen LogP contribution in [0.3, 0.4) is 0 Å². The Labute approximate surface area is 102 Å². The first-order valence-electron chi connectivity index (χ1n) is 6.14. The number of ether oxygens (including phenoxy) is 1. The Morgan fingerprint density at radius 1 is 1.53 bits per heavy atom. The van der Waals surface area contributed by atoms with Crippen molar-refractivity contribution in [1.29, 1.82) is 0 Å². The highest BCUT2D eigenvalue weighted by atomic mass is 16.5. The molecule has 0 atom stereocenters. The summed E-state index contributed by atoms with van der Waals surface area (Å²) >= 11 is 0. The largest absolute Gasteiger partial charge is 0.381 e. The van der Waals surface area contributed by atoms with Crippen LogP contribution in [-0.2, 0) is 17.8 Å². The quantitative estimate of drug-likeness (QED) is 0.750. The van der Waals surface area contributed by atoms with E-state index in [1.807, 2.05) is 10.9 Å². The van der Waals surface area contributed by atoms with Crippen molar-refractivity contribution in [3.8, 4) is 0 Å². The summed E-state index contributed by atoms with van der Waals surface area (Å²) in [6, 6.07) is 0. The molecular formula is C11H21N5O. The minimum Gasteiger partial charge on any atom is -0.381 e. The molecule has 0 bridgehead atoms. The number of nitrogens with one attached hydrogen (secondary N) is 1. The third-order valence-electron chi connectivity index (χ3n) is 3.28. The highest BCUT2D eigenvalue weighted by Crippen LogP contribution is 2.19. The average Bonchev–Trinajstić information content (AvgIpc) is 2.78. The topological polar surface area (TPSA) is 78.0 Å². The Bertz CT molecular complexity index is 345. The lowest BCUT2D eigenvalue weighted by Gasteiger charge is -2.34. The fraction of sp³-hybridized carbons (Fsp3) is 0.818. The van der Waals surface area contributed by atoms with Crippen molar-refractivity contribution in [3.05, 3.63) is 11.9 Å². The number of nitrogens with two attached hydrogens (primary N) is 1. The van der Waals surface area contributed by atoms with E-state index in [0.29, 0.717) is 6.54 Å². The monoisotopic (exact) mass is 239 g/mol. The molecule has 0 unspecified atom stereocenters. The molecular weight excluding hydrogens is 218 g/mol. The SMILES string of the molecule is CC1(NCCn2cc(CN)nn2)CCOCC1. The molecule has 0 amide bonds. The van der Waals surface area contributed by atoms with Crippen LogP contribution in [0.25, 0.3) is 0 Å². The predicted molar refractivity (Wildman–Crippen MR) is 64.4 cm³/mol. The molecule has 1 saturated heterocycles. The molecule has 0 aromatic carbocycles. The molecule has 0 saturated carbocycles. The molecule has 96 valence electrons. The minimum atomic E-state index is 0.204. The molecule has 3 N–H and O–H groups in total. The van der Waals surface area contributed by atoms with Crippen molar-refractivity contribution < 1.29 is 4.74 Å². The van der Waals surface area contributed by atoms with Crippen molar-refractivity contribution in [3.63, 3.8) is 0 Å². The van der Waals surface area contributed by atoms with Gasteiger partial charge >= 0.3 is 0 Å². The Hall–Kier alpha value is -0.980. The Balaban J connectivity index is 1.74. The smallest absolute Gasteiger partial charge is 0.0962 e. The molecule has 0 radical (unpaired) electrons. The van der Waals surface area contributed by atoms with Crippen LogP contribution < -0.4 is 11.1 Å². The number of aromatic nitrogens is 3. The molecule has 6 nitrogen and oxygen atoms in total. The van der Waals surface area contributed by atoms with E-state index >= 15 is 0 Å². The van der Waals surface area contributed by atoms with Crippen LogP contribution in [0.15, 0.2) is 6.20 Å². The second kappa shape index (κ2) is 5.57. The summed E-state index contributed by atoms with van der Waals surface area (Å²) in [6.07, 6.45) is 4.03. The maximum absolute atomic E-state index is 5.48. The first-order valence-corrected chi connectivity index (χ1v) is 6.14. The number of rotatable bonds is 5. The summed E-state index contributed by atoms with van der Waals surface area (Å²) in [5.74, 6) is 0. The second-order valence-corrected chi connectivity index (χ2v) is 4.78. The number of nitrogens with zero attached hydrogens (tertiary/aromatic N) is 3. The van der Waals surface area contributed by atoms with Gasteiger partial charge in [0.15, 0.2) is 0 Å². The lowest BCUT2D eigenvalue weighted by Crippen LogP contribution is -2.47. The Morgan fingerprint density at radius 2 is 2.29 bits per heavy atom. The summed E-state index contributed by atoms with van der Waals surface area (Å²) in [4.78, 5) is 0. The van der Waals surface area contributed by atoms with E-state index in [-0.39, 0.29) is 5.54 Å². The molecule has 1 aromatic rings. The molecule has 1 aliphatic heterocycles. The Morgan fingerprint density at radius 3 is 2.94 bits per heavy atom. The van der Waals surface area contributed by atoms with Gasteiger partial charge in [0.2, 0.25) is 0 Å². The summed E-state index contributed by atoms with van der Waals surface area (Å²) in [7, 11) is 0. The summed E-state index contributed by atoms with van der Waals surface area (Å²) in [6.45, 7) is 6.12. The molecule has 6 heteroatoms. The summed E-state index contributed by atoms with van der Waals surface area (Å²) < 4.78 is 7.20. The fourth-order valence-electron chi connectivity index (χ4n) is 2.01. The maximum atomic E-state index is 5.48. The van der Waals surface area contributed by atoms with Gasteiger partial charge in [-0.25, -0.2) is 0 Å². The molecule has 1 fully saturated rings. The van der Waals surface area contributed by atoms with Gasteiger partial charge in [0.05, 0.1) is 12.2 Å². The van der Waals surface area contributed by atoms with E-state index in [4.69, 9.17) is 10.5 Å². The molecule has 0 aliphatic carbocycles. The van der Waals surface area contributed by atoms with Gasteiger partial charge in [-0.3, -0.25) is 4.68 Å². The first-order chi connectivity index (χ1) is 8.22. The minimum absolute atomic E-state index is 0.204. The summed E-state index contributed by atoms with van der Waals surface area (Å²) in [5.41, 5.74) is 6.52. The van der Waals surface area contributed by atoms with Crippen LogP contribution in [0.2, 0.25) is 0 Å². The van der Waals surface area contributed by atoms with E-state index in [0.717, 1.165) is 44.8 Å². The number of hydrogen-bond acceptors (Lipinski definition) is 5. The molecule has 2 heterocycles. The van der Waals surface area contributed by atoms with Gasteiger partial charge in [-0.1, -0.05) is 5.21 Å². The zero-order valence-electron chi connectivity index (χ0n) is 10.4. The molecule has 17 heavy (non-hydrogen) atoms. The Kier molecular flexibility index (Phi) is 4.09. The fourth-order valence-corrected chi connectivity index (χ4v) is 2.01. The van der Waals surface area contributed by atoms with E-state index in [1.54, 1.807) is 0 Å². The molecule has 2 rings (SSSR count). The van der Waals surface area contributed by atoms with Crippen LogP contribution >= 0.6 is 0 Å². The van der Waals surface area contributed by atoms with Crippen LogP contribution in [-0.4, -0.2) is 40.3 Å². The third-order valence-corrected chi connectivity index (χ3v) is 3.28. The maximum Gasteiger partial charge on any atom is 0.0962 e. The van der Waals surface area contributed by atoms with Crippen molar-refractivity contribution in [2.75, 3.05) is 19.8 Å². The zero-order valence-corrected chi connectivity index (χ0v) is 10.4. The second-order valence-electron chi connectivity index (χ2n) is 4.78. The molecule has 1 aliphatic rings. The third kappa shape index (κ3) is 3.49. The van der Waals surface area contributed by atoms with E-state index in [1.165, 1.54) is 0 Å². The molecule has 1 aromatic heterocycles. The van der Waals surface area contributed by atoms with E-state index in [9.17, 15) is 0 Å². The van der Waals surface area contributed by atoms with Gasteiger partial charge in [0.25, 0.3) is 0 Å². The van der Waals surface area contributed by atoms with Gasteiger partial charge in [0.1, 0.15) is 0 Å². The van der Waals surface area contributed by atoms with Crippen molar-refractivity contribution in [1.82, 2.24) is 20.3 Å². The van der Waals surface area contributed by atoms with E-state index in [2.05, 4.69) is 22.6 Å². The molecule has 0 spiro atoms. The van der Waals surface area contributed by atoms with Crippen molar-refractivity contribution in [2.24, 2.45) is 5.73 Å². The zero-order chi connectivity index (χ0) is 12.1. The number of hydrogen-bond donors (Lipinski definition) is 2. The van der Waals surface area contributed by atoms with Gasteiger partial charge in [-0.05, 0) is 19.8 Å². The van der Waals surface area contributed by atoms with Gasteiger partial charge in [0, 0.05) is 38.0 Å². The first kappa shape index (κ1) is 12.5. The predicted octanol–water partition coefficient (Wildman–Crippen LogP) is -0.104. The van der Waals surface area contributed by atoms with Gasteiger partial charge in [-0.2, -0.15) is 0 Å². The highest BCUT2D eigenvalue weighted by Gasteiger charge is 2.26. The van der Waals surface area contributed by atoms with Crippen LogP contribution in [0.5, 0.6) is 0 Å². The van der Waals surface area contributed by atoms with Gasteiger partial charge < -0.3 is 15.8 Å². The highest BCUT2D eigenvalue weighted by molar-refractivity contribution is 4.90. The van der Waals surface area contributed by atoms with Crippen LogP contribution in [0, 0.1) is 0 Å². The normalized spacial score (nSPS) is 19.4. The lowest BCUT2D eigenvalue weighted by atomic mass is 9.92. The lowest BCUT2D eigenvalue weighted by molar-refractivity contribution is 0.0450. The standard InChI is InChI=1S/C11H21N5O/c1-11(2-6-17-7-3-11)13-4-5-16-9-10(8-12)14-15-16/h9,13H,2-8,12H2,1H3. The van der Waals surface area contributed by atoms with E-state index < -0.39 is 0 Å².